The van der Waals surface area contributed by atoms with E-state index in [1.54, 1.807) is 0 Å². The molecule has 138 valence electrons. The van der Waals surface area contributed by atoms with Crippen LogP contribution in [0, 0.1) is 6.92 Å². The fourth-order valence-corrected chi connectivity index (χ4v) is 3.01. The first-order valence-corrected chi connectivity index (χ1v) is 9.38. The zero-order chi connectivity index (χ0) is 18.9. The Bertz CT molecular complexity index is 749. The van der Waals surface area contributed by atoms with Gasteiger partial charge in [-0.05, 0) is 75.3 Å². The minimum atomic E-state index is -0.337. The lowest BCUT2D eigenvalue weighted by Gasteiger charge is -2.32. The molecule has 0 unspecified atom stereocenters. The fourth-order valence-electron chi connectivity index (χ4n) is 3.01. The van der Waals surface area contributed by atoms with Crippen molar-refractivity contribution in [3.8, 4) is 5.75 Å². The van der Waals surface area contributed by atoms with E-state index in [0.717, 1.165) is 23.2 Å². The SMILES string of the molecule is CCc1ccc(COc2ccc(B3OC(C)(C)C(C)(C)O3)c(C)c2)cc1. The van der Waals surface area contributed by atoms with Crippen LogP contribution in [-0.2, 0) is 22.3 Å². The lowest BCUT2D eigenvalue weighted by atomic mass is 9.76. The molecular formula is C22H29BO3. The number of hydrogen-bond acceptors (Lipinski definition) is 3. The average molecular weight is 352 g/mol. The van der Waals surface area contributed by atoms with Crippen LogP contribution in [0.1, 0.15) is 51.3 Å². The molecule has 1 heterocycles. The van der Waals surface area contributed by atoms with E-state index in [4.69, 9.17) is 14.0 Å². The van der Waals surface area contributed by atoms with E-state index in [1.807, 2.05) is 12.1 Å². The van der Waals surface area contributed by atoms with Crippen LogP contribution in [0.5, 0.6) is 5.75 Å². The molecule has 1 aliphatic heterocycles. The summed E-state index contributed by atoms with van der Waals surface area (Å²) in [4.78, 5) is 0. The van der Waals surface area contributed by atoms with Crippen LogP contribution in [0.2, 0.25) is 0 Å². The second kappa shape index (κ2) is 7.09. The molecule has 2 aromatic carbocycles. The maximum absolute atomic E-state index is 6.16. The summed E-state index contributed by atoms with van der Waals surface area (Å²) in [5, 5.41) is 0. The lowest BCUT2D eigenvalue weighted by Crippen LogP contribution is -2.41. The van der Waals surface area contributed by atoms with E-state index in [-0.39, 0.29) is 18.3 Å². The number of ether oxygens (including phenoxy) is 1. The van der Waals surface area contributed by atoms with E-state index >= 15 is 0 Å². The van der Waals surface area contributed by atoms with Crippen molar-refractivity contribution in [1.82, 2.24) is 0 Å². The van der Waals surface area contributed by atoms with Crippen LogP contribution in [0.4, 0.5) is 0 Å². The molecule has 0 amide bonds. The van der Waals surface area contributed by atoms with Crippen LogP contribution >= 0.6 is 0 Å². The van der Waals surface area contributed by atoms with Crippen molar-refractivity contribution in [2.75, 3.05) is 0 Å². The van der Waals surface area contributed by atoms with Gasteiger partial charge in [0.2, 0.25) is 0 Å². The number of hydrogen-bond donors (Lipinski definition) is 0. The average Bonchev–Trinajstić information content (AvgIpc) is 2.81. The summed E-state index contributed by atoms with van der Waals surface area (Å²) in [5.74, 6) is 0.863. The Morgan fingerprint density at radius 3 is 2.00 bits per heavy atom. The van der Waals surface area contributed by atoms with Gasteiger partial charge in [0.1, 0.15) is 12.4 Å². The molecule has 26 heavy (non-hydrogen) atoms. The molecule has 2 aromatic rings. The number of benzene rings is 2. The second-order valence-corrected chi connectivity index (χ2v) is 8.07. The zero-order valence-electron chi connectivity index (χ0n) is 16.8. The number of aryl methyl sites for hydroxylation is 2. The highest BCUT2D eigenvalue weighted by Crippen LogP contribution is 2.36. The molecule has 1 aliphatic rings. The van der Waals surface area contributed by atoms with Crippen molar-refractivity contribution < 1.29 is 14.0 Å². The van der Waals surface area contributed by atoms with Crippen LogP contribution < -0.4 is 10.2 Å². The van der Waals surface area contributed by atoms with E-state index in [2.05, 4.69) is 71.9 Å². The normalized spacial score (nSPS) is 18.2. The molecule has 0 saturated carbocycles. The Morgan fingerprint density at radius 1 is 0.885 bits per heavy atom. The third-order valence-electron chi connectivity index (χ3n) is 5.59. The van der Waals surface area contributed by atoms with Crippen LogP contribution in [0.15, 0.2) is 42.5 Å². The predicted octanol–water partition coefficient (Wildman–Crippen LogP) is 4.44. The topological polar surface area (TPSA) is 27.7 Å². The van der Waals surface area contributed by atoms with Gasteiger partial charge in [-0.1, -0.05) is 37.3 Å². The molecule has 3 rings (SSSR count). The number of rotatable bonds is 5. The zero-order valence-corrected chi connectivity index (χ0v) is 16.8. The molecule has 0 N–H and O–H groups in total. The molecule has 3 nitrogen and oxygen atoms in total. The van der Waals surface area contributed by atoms with Crippen molar-refractivity contribution in [3.63, 3.8) is 0 Å². The van der Waals surface area contributed by atoms with Gasteiger partial charge < -0.3 is 14.0 Å². The van der Waals surface area contributed by atoms with E-state index in [9.17, 15) is 0 Å². The third-order valence-corrected chi connectivity index (χ3v) is 5.59. The summed E-state index contributed by atoms with van der Waals surface area (Å²) >= 11 is 0. The summed E-state index contributed by atoms with van der Waals surface area (Å²) < 4.78 is 18.3. The predicted molar refractivity (Wildman–Crippen MR) is 107 cm³/mol. The summed E-state index contributed by atoms with van der Waals surface area (Å²) in [5.41, 5.74) is 4.03. The highest BCUT2D eigenvalue weighted by Gasteiger charge is 2.52. The van der Waals surface area contributed by atoms with Crippen molar-refractivity contribution in [2.45, 2.75) is 65.8 Å². The standard InChI is InChI=1S/C22H29BO3/c1-7-17-8-10-18(11-9-17)15-24-19-12-13-20(16(2)14-19)23-25-21(3,4)22(5,6)26-23/h8-14H,7,15H2,1-6H3. The van der Waals surface area contributed by atoms with E-state index in [0.29, 0.717) is 6.61 Å². The first-order valence-electron chi connectivity index (χ1n) is 9.38. The Balaban J connectivity index is 1.68. The molecule has 0 radical (unpaired) electrons. The van der Waals surface area contributed by atoms with Crippen molar-refractivity contribution in [1.29, 1.82) is 0 Å². The van der Waals surface area contributed by atoms with Gasteiger partial charge in [-0.2, -0.15) is 0 Å². The molecule has 1 fully saturated rings. The van der Waals surface area contributed by atoms with Gasteiger partial charge in [-0.3, -0.25) is 0 Å². The summed E-state index contributed by atoms with van der Waals surface area (Å²) in [7, 11) is -0.337. The van der Waals surface area contributed by atoms with Gasteiger partial charge in [-0.25, -0.2) is 0 Å². The Hall–Kier alpha value is -1.78. The molecular weight excluding hydrogens is 323 g/mol. The maximum Gasteiger partial charge on any atom is 0.495 e. The minimum absolute atomic E-state index is 0.329. The maximum atomic E-state index is 6.16. The molecule has 4 heteroatoms. The summed E-state index contributed by atoms with van der Waals surface area (Å²) in [6.45, 7) is 13.1. The van der Waals surface area contributed by atoms with Crippen LogP contribution in [0.3, 0.4) is 0 Å². The fraction of sp³-hybridized carbons (Fsp3) is 0.455. The molecule has 0 aliphatic carbocycles. The van der Waals surface area contributed by atoms with Crippen LogP contribution in [0.25, 0.3) is 0 Å². The van der Waals surface area contributed by atoms with E-state index in [1.165, 1.54) is 11.1 Å². The first kappa shape index (κ1) is 19.0. The van der Waals surface area contributed by atoms with Gasteiger partial charge in [0, 0.05) is 0 Å². The highest BCUT2D eigenvalue weighted by molar-refractivity contribution is 6.62. The molecule has 0 aromatic heterocycles. The highest BCUT2D eigenvalue weighted by atomic mass is 16.7. The lowest BCUT2D eigenvalue weighted by molar-refractivity contribution is 0.00578. The van der Waals surface area contributed by atoms with Crippen LogP contribution in [-0.4, -0.2) is 18.3 Å². The van der Waals surface area contributed by atoms with Gasteiger partial charge in [0.15, 0.2) is 0 Å². The Kier molecular flexibility index (Phi) is 5.18. The molecule has 1 saturated heterocycles. The van der Waals surface area contributed by atoms with Gasteiger partial charge in [0.25, 0.3) is 0 Å². The summed E-state index contributed by atoms with van der Waals surface area (Å²) in [6.07, 6.45) is 1.06. The smallest absolute Gasteiger partial charge is 0.489 e. The van der Waals surface area contributed by atoms with Crippen molar-refractivity contribution in [3.05, 3.63) is 59.2 Å². The monoisotopic (exact) mass is 352 g/mol. The first-order chi connectivity index (χ1) is 12.2. The van der Waals surface area contributed by atoms with Gasteiger partial charge in [-0.15, -0.1) is 0 Å². The minimum Gasteiger partial charge on any atom is -0.489 e. The Morgan fingerprint density at radius 2 is 1.46 bits per heavy atom. The van der Waals surface area contributed by atoms with Gasteiger partial charge >= 0.3 is 7.12 Å². The molecule has 0 atom stereocenters. The van der Waals surface area contributed by atoms with Crippen molar-refractivity contribution in [2.24, 2.45) is 0 Å². The Labute approximate surface area is 157 Å². The third kappa shape index (κ3) is 3.82. The quantitative estimate of drug-likeness (QED) is 0.745. The largest absolute Gasteiger partial charge is 0.495 e. The van der Waals surface area contributed by atoms with Crippen molar-refractivity contribution >= 4 is 12.6 Å². The molecule has 0 spiro atoms. The van der Waals surface area contributed by atoms with Gasteiger partial charge in [0.05, 0.1) is 11.2 Å². The van der Waals surface area contributed by atoms with E-state index < -0.39 is 0 Å². The molecule has 0 bridgehead atoms. The second-order valence-electron chi connectivity index (χ2n) is 8.07. The summed E-state index contributed by atoms with van der Waals surface area (Å²) in [6, 6.07) is 14.7.